The number of rotatable bonds is 8. The Morgan fingerprint density at radius 2 is 1.71 bits per heavy atom. The number of aromatic carboxylic acids is 1. The molecule has 35 heavy (non-hydrogen) atoms. The highest BCUT2D eigenvalue weighted by atomic mass is 32.1. The van der Waals surface area contributed by atoms with Crippen LogP contribution in [0.3, 0.4) is 0 Å². The average Bonchev–Trinajstić information content (AvgIpc) is 3.43. The number of carbonyl (C=O) groups is 1. The molecule has 2 heterocycles. The van der Waals surface area contributed by atoms with Gasteiger partial charge >= 0.3 is 5.97 Å². The summed E-state index contributed by atoms with van der Waals surface area (Å²) in [7, 11) is 1.63. The maximum absolute atomic E-state index is 11.8. The zero-order chi connectivity index (χ0) is 25.2. The third-order valence-electron chi connectivity index (χ3n) is 5.99. The van der Waals surface area contributed by atoms with Crippen LogP contribution in [-0.2, 0) is 18.6 Å². The van der Waals surface area contributed by atoms with Gasteiger partial charge in [-0.3, -0.25) is 0 Å². The zero-order valence-electron chi connectivity index (χ0n) is 20.7. The number of benzene rings is 2. The summed E-state index contributed by atoms with van der Waals surface area (Å²) < 4.78 is 13.2. The monoisotopic (exact) mass is 490 g/mol. The molecule has 1 N–H and O–H groups in total. The largest absolute Gasteiger partial charge is 0.497 e. The molecule has 0 aliphatic rings. The van der Waals surface area contributed by atoms with E-state index >= 15 is 0 Å². The van der Waals surface area contributed by atoms with Crippen molar-refractivity contribution in [3.8, 4) is 22.9 Å². The van der Waals surface area contributed by atoms with Crippen molar-refractivity contribution < 1.29 is 19.4 Å². The van der Waals surface area contributed by atoms with Crippen LogP contribution in [0.5, 0.6) is 11.5 Å². The normalized spacial score (nSPS) is 11.5. The van der Waals surface area contributed by atoms with Gasteiger partial charge in [0.15, 0.2) is 0 Å². The Kier molecular flexibility index (Phi) is 6.98. The molecule has 0 aliphatic heterocycles. The molecule has 4 rings (SSSR count). The summed E-state index contributed by atoms with van der Waals surface area (Å²) in [5, 5.41) is 12.5. The average molecular weight is 491 g/mol. The van der Waals surface area contributed by atoms with Crippen LogP contribution >= 0.6 is 11.3 Å². The highest BCUT2D eigenvalue weighted by molar-refractivity contribution is 7.09. The van der Waals surface area contributed by atoms with Crippen molar-refractivity contribution in [1.29, 1.82) is 0 Å². The van der Waals surface area contributed by atoms with Gasteiger partial charge in [-0.15, -0.1) is 11.3 Å². The predicted molar refractivity (Wildman–Crippen MR) is 139 cm³/mol. The molecule has 0 atom stereocenters. The van der Waals surface area contributed by atoms with E-state index in [4.69, 9.17) is 14.5 Å². The molecule has 0 saturated heterocycles. The Bertz CT molecular complexity index is 1310. The predicted octanol–water partition coefficient (Wildman–Crippen LogP) is 6.55. The van der Waals surface area contributed by atoms with Gasteiger partial charge < -0.3 is 19.1 Å². The third-order valence-corrected chi connectivity index (χ3v) is 6.82. The van der Waals surface area contributed by atoms with Gasteiger partial charge in [-0.1, -0.05) is 45.0 Å². The van der Waals surface area contributed by atoms with Crippen molar-refractivity contribution in [3.63, 3.8) is 0 Å². The Labute approximate surface area is 209 Å². The molecule has 4 aromatic rings. The van der Waals surface area contributed by atoms with Gasteiger partial charge in [0.05, 0.1) is 24.1 Å². The van der Waals surface area contributed by atoms with E-state index in [0.29, 0.717) is 18.8 Å². The summed E-state index contributed by atoms with van der Waals surface area (Å²) in [5.74, 6) is 0.623. The lowest BCUT2D eigenvalue weighted by Crippen LogP contribution is -2.10. The fraction of sp³-hybridized carbons (Fsp3) is 0.286. The number of carboxylic acid groups (broad SMARTS) is 1. The van der Waals surface area contributed by atoms with Crippen LogP contribution < -0.4 is 9.47 Å². The Balaban J connectivity index is 1.55. The van der Waals surface area contributed by atoms with E-state index in [1.54, 1.807) is 13.2 Å². The van der Waals surface area contributed by atoms with Crippen molar-refractivity contribution in [2.24, 2.45) is 0 Å². The maximum Gasteiger partial charge on any atom is 0.337 e. The lowest BCUT2D eigenvalue weighted by Gasteiger charge is -2.19. The third kappa shape index (κ3) is 5.57. The second kappa shape index (κ2) is 9.96. The van der Waals surface area contributed by atoms with Gasteiger partial charge in [-0.25, -0.2) is 9.78 Å². The van der Waals surface area contributed by atoms with E-state index < -0.39 is 5.97 Å². The van der Waals surface area contributed by atoms with Crippen LogP contribution in [-0.4, -0.2) is 27.7 Å². The zero-order valence-corrected chi connectivity index (χ0v) is 21.5. The molecule has 7 heteroatoms. The minimum atomic E-state index is -0.949. The SMILES string of the molecule is COc1ccc(Cn2c(-c3csc(COc4ccc(C(C)(C)C)cc4)n3)cc(C(=O)O)c2C)cc1. The topological polar surface area (TPSA) is 73.6 Å². The highest BCUT2D eigenvalue weighted by Gasteiger charge is 2.20. The molecule has 0 radical (unpaired) electrons. The van der Waals surface area contributed by atoms with Crippen LogP contribution in [0.15, 0.2) is 60.0 Å². The molecule has 0 amide bonds. The fourth-order valence-corrected chi connectivity index (χ4v) is 4.58. The van der Waals surface area contributed by atoms with Crippen molar-refractivity contribution in [2.45, 2.75) is 46.3 Å². The van der Waals surface area contributed by atoms with Gasteiger partial charge in [0.1, 0.15) is 23.1 Å². The second-order valence-corrected chi connectivity index (χ2v) is 10.4. The van der Waals surface area contributed by atoms with E-state index in [1.165, 1.54) is 16.9 Å². The minimum absolute atomic E-state index is 0.0937. The molecule has 0 fully saturated rings. The molecule has 2 aromatic heterocycles. The van der Waals surface area contributed by atoms with Crippen LogP contribution in [0.1, 0.15) is 53.0 Å². The molecule has 0 unspecified atom stereocenters. The first-order chi connectivity index (χ1) is 16.7. The molecule has 0 bridgehead atoms. The van der Waals surface area contributed by atoms with E-state index in [1.807, 2.05) is 53.3 Å². The first-order valence-electron chi connectivity index (χ1n) is 11.4. The highest BCUT2D eigenvalue weighted by Crippen LogP contribution is 2.30. The number of thiazole rings is 1. The van der Waals surface area contributed by atoms with Gasteiger partial charge in [0, 0.05) is 17.6 Å². The molecule has 2 aromatic carbocycles. The van der Waals surface area contributed by atoms with Gasteiger partial charge in [0.25, 0.3) is 0 Å². The first-order valence-corrected chi connectivity index (χ1v) is 12.3. The second-order valence-electron chi connectivity index (χ2n) is 9.46. The number of methoxy groups -OCH3 is 1. The van der Waals surface area contributed by atoms with Crippen LogP contribution in [0.4, 0.5) is 0 Å². The summed E-state index contributed by atoms with van der Waals surface area (Å²) in [4.78, 5) is 16.6. The summed E-state index contributed by atoms with van der Waals surface area (Å²) in [6.45, 7) is 9.26. The molecule has 6 nitrogen and oxygen atoms in total. The molecule has 0 spiro atoms. The van der Waals surface area contributed by atoms with Gasteiger partial charge in [0.2, 0.25) is 0 Å². The number of hydrogen-bond donors (Lipinski definition) is 1. The van der Waals surface area contributed by atoms with E-state index in [-0.39, 0.29) is 11.0 Å². The van der Waals surface area contributed by atoms with Crippen molar-refractivity contribution in [3.05, 3.63) is 87.4 Å². The van der Waals surface area contributed by atoms with Crippen LogP contribution in [0.25, 0.3) is 11.4 Å². The van der Waals surface area contributed by atoms with Gasteiger partial charge in [-0.05, 0) is 53.8 Å². The summed E-state index contributed by atoms with van der Waals surface area (Å²) in [5.41, 5.74) is 4.86. The number of ether oxygens (including phenoxy) is 2. The smallest absolute Gasteiger partial charge is 0.337 e. The summed E-state index contributed by atoms with van der Waals surface area (Å²) in [6.07, 6.45) is 0. The Morgan fingerprint density at radius 3 is 2.31 bits per heavy atom. The number of hydrogen-bond acceptors (Lipinski definition) is 5. The number of carboxylic acids is 1. The van der Waals surface area contributed by atoms with Crippen molar-refractivity contribution in [1.82, 2.24) is 9.55 Å². The Hall–Kier alpha value is -3.58. The van der Waals surface area contributed by atoms with Crippen molar-refractivity contribution >= 4 is 17.3 Å². The van der Waals surface area contributed by atoms with Crippen LogP contribution in [0, 0.1) is 6.92 Å². The molecular weight excluding hydrogens is 460 g/mol. The van der Waals surface area contributed by atoms with Crippen molar-refractivity contribution in [2.75, 3.05) is 7.11 Å². The van der Waals surface area contributed by atoms with E-state index in [2.05, 4.69) is 32.9 Å². The number of nitrogens with zero attached hydrogens (tertiary/aromatic N) is 2. The first kappa shape index (κ1) is 24.5. The molecular formula is C28H30N2O4S. The molecule has 182 valence electrons. The fourth-order valence-electron chi connectivity index (χ4n) is 3.88. The van der Waals surface area contributed by atoms with Crippen LogP contribution in [0.2, 0.25) is 0 Å². The lowest BCUT2D eigenvalue weighted by atomic mass is 9.87. The van der Waals surface area contributed by atoms with E-state index in [9.17, 15) is 9.90 Å². The lowest BCUT2D eigenvalue weighted by molar-refractivity contribution is 0.0696. The maximum atomic E-state index is 11.8. The summed E-state index contributed by atoms with van der Waals surface area (Å²) in [6, 6.07) is 17.6. The molecule has 0 aliphatic carbocycles. The van der Waals surface area contributed by atoms with Gasteiger partial charge in [-0.2, -0.15) is 0 Å². The number of aromatic nitrogens is 2. The molecule has 0 saturated carbocycles. The summed E-state index contributed by atoms with van der Waals surface area (Å²) >= 11 is 1.50. The van der Waals surface area contributed by atoms with E-state index in [0.717, 1.165) is 33.5 Å². The minimum Gasteiger partial charge on any atom is -0.497 e. The quantitative estimate of drug-likeness (QED) is 0.303. The Morgan fingerprint density at radius 1 is 1.06 bits per heavy atom. The standard InChI is InChI=1S/C28H30N2O4S/c1-18-23(27(31)32)14-25(30(18)15-19-6-10-21(33-5)11-7-19)24-17-35-26(29-24)16-34-22-12-8-20(9-13-22)28(2,3)4/h6-14,17H,15-16H2,1-5H3,(H,31,32).